The summed E-state index contributed by atoms with van der Waals surface area (Å²) in [6.07, 6.45) is 0.193. The van der Waals surface area contributed by atoms with E-state index in [0.717, 1.165) is 16.7 Å². The molecular formula is C12H17NO3. The predicted molar refractivity (Wildman–Crippen MR) is 61.6 cm³/mol. The number of carbonyl (C=O) groups is 1. The third-order valence-corrected chi connectivity index (χ3v) is 2.56. The molecule has 0 bridgehead atoms. The van der Waals surface area contributed by atoms with Crippen LogP contribution in [0.3, 0.4) is 0 Å². The number of esters is 1. The van der Waals surface area contributed by atoms with Crippen molar-refractivity contribution in [1.82, 2.24) is 0 Å². The molecule has 88 valence electrons. The molecular weight excluding hydrogens is 206 g/mol. The lowest BCUT2D eigenvalue weighted by molar-refractivity contribution is -0.134. The van der Waals surface area contributed by atoms with Gasteiger partial charge in [-0.1, -0.05) is 0 Å². The van der Waals surface area contributed by atoms with E-state index < -0.39 is 0 Å². The second-order valence-corrected chi connectivity index (χ2v) is 3.80. The minimum atomic E-state index is -0.348. The molecule has 0 radical (unpaired) electrons. The van der Waals surface area contributed by atoms with Crippen molar-refractivity contribution in [1.29, 1.82) is 0 Å². The maximum atomic E-state index is 11.3. The minimum Gasteiger partial charge on any atom is -0.508 e. The summed E-state index contributed by atoms with van der Waals surface area (Å²) >= 11 is 0. The van der Waals surface area contributed by atoms with E-state index in [1.807, 2.05) is 6.92 Å². The number of ether oxygens (including phenoxy) is 1. The van der Waals surface area contributed by atoms with Crippen LogP contribution in [0, 0.1) is 20.8 Å². The third kappa shape index (κ3) is 2.52. The number of rotatable bonds is 3. The van der Waals surface area contributed by atoms with Gasteiger partial charge >= 0.3 is 5.97 Å². The van der Waals surface area contributed by atoms with Crippen LogP contribution in [-0.4, -0.2) is 17.6 Å². The number of nitrogens with two attached hydrogens (primary N) is 1. The summed E-state index contributed by atoms with van der Waals surface area (Å²) in [6.45, 7) is 5.66. The number of carbonyl (C=O) groups excluding carboxylic acids is 1. The number of aryl methyl sites for hydroxylation is 1. The van der Waals surface area contributed by atoms with Crippen molar-refractivity contribution in [2.75, 3.05) is 6.54 Å². The maximum Gasteiger partial charge on any atom is 0.312 e. The number of hydrogen-bond acceptors (Lipinski definition) is 4. The van der Waals surface area contributed by atoms with E-state index >= 15 is 0 Å². The Labute approximate surface area is 95.0 Å². The van der Waals surface area contributed by atoms with E-state index in [1.54, 1.807) is 19.9 Å². The zero-order valence-corrected chi connectivity index (χ0v) is 9.83. The van der Waals surface area contributed by atoms with Gasteiger partial charge in [0, 0.05) is 6.54 Å². The normalized spacial score (nSPS) is 10.2. The van der Waals surface area contributed by atoms with Gasteiger partial charge in [0.05, 0.1) is 6.42 Å². The molecule has 0 saturated heterocycles. The van der Waals surface area contributed by atoms with Gasteiger partial charge in [-0.05, 0) is 43.5 Å². The summed E-state index contributed by atoms with van der Waals surface area (Å²) in [5, 5.41) is 9.58. The largest absolute Gasteiger partial charge is 0.508 e. The standard InChI is InChI=1S/C12H17NO3/c1-7-6-10(14)8(2)9(3)12(7)16-11(15)4-5-13/h6,14H,4-5,13H2,1-3H3. The molecule has 0 aliphatic rings. The first-order chi connectivity index (χ1) is 7.47. The fraction of sp³-hybridized carbons (Fsp3) is 0.417. The van der Waals surface area contributed by atoms with E-state index in [4.69, 9.17) is 10.5 Å². The lowest BCUT2D eigenvalue weighted by atomic mass is 10.0. The van der Waals surface area contributed by atoms with Crippen LogP contribution < -0.4 is 10.5 Å². The summed E-state index contributed by atoms with van der Waals surface area (Å²) in [5.74, 6) is 0.390. The molecule has 0 saturated carbocycles. The zero-order chi connectivity index (χ0) is 12.3. The highest BCUT2D eigenvalue weighted by atomic mass is 16.5. The Kier molecular flexibility index (Phi) is 3.90. The van der Waals surface area contributed by atoms with Gasteiger partial charge in [0.1, 0.15) is 11.5 Å². The van der Waals surface area contributed by atoms with E-state index in [2.05, 4.69) is 0 Å². The molecule has 0 heterocycles. The Morgan fingerprint density at radius 2 is 2.00 bits per heavy atom. The van der Waals surface area contributed by atoms with Crippen LogP contribution in [0.5, 0.6) is 11.5 Å². The van der Waals surface area contributed by atoms with Crippen LogP contribution in [0.15, 0.2) is 6.07 Å². The van der Waals surface area contributed by atoms with Crippen molar-refractivity contribution < 1.29 is 14.6 Å². The second kappa shape index (κ2) is 4.99. The Morgan fingerprint density at radius 3 is 2.56 bits per heavy atom. The van der Waals surface area contributed by atoms with Gasteiger partial charge in [-0.2, -0.15) is 0 Å². The van der Waals surface area contributed by atoms with Crippen molar-refractivity contribution in [3.63, 3.8) is 0 Å². The zero-order valence-electron chi connectivity index (χ0n) is 9.83. The van der Waals surface area contributed by atoms with Crippen molar-refractivity contribution >= 4 is 5.97 Å². The predicted octanol–water partition coefficient (Wildman–Crippen LogP) is 1.57. The number of aromatic hydroxyl groups is 1. The molecule has 1 rings (SSSR count). The highest BCUT2D eigenvalue weighted by Crippen LogP contribution is 2.32. The molecule has 1 aromatic rings. The number of benzene rings is 1. The molecule has 0 fully saturated rings. The first-order valence-corrected chi connectivity index (χ1v) is 5.18. The first-order valence-electron chi connectivity index (χ1n) is 5.18. The van der Waals surface area contributed by atoms with Crippen molar-refractivity contribution in [3.05, 3.63) is 22.8 Å². The third-order valence-electron chi connectivity index (χ3n) is 2.56. The average molecular weight is 223 g/mol. The average Bonchev–Trinajstić information content (AvgIpc) is 2.22. The highest BCUT2D eigenvalue weighted by Gasteiger charge is 2.13. The Morgan fingerprint density at radius 1 is 1.38 bits per heavy atom. The molecule has 4 nitrogen and oxygen atoms in total. The molecule has 0 aliphatic heterocycles. The van der Waals surface area contributed by atoms with Gasteiger partial charge in [-0.15, -0.1) is 0 Å². The van der Waals surface area contributed by atoms with Crippen LogP contribution in [0.1, 0.15) is 23.1 Å². The molecule has 16 heavy (non-hydrogen) atoms. The van der Waals surface area contributed by atoms with Gasteiger partial charge in [0.2, 0.25) is 0 Å². The van der Waals surface area contributed by atoms with Crippen molar-refractivity contribution in [3.8, 4) is 11.5 Å². The van der Waals surface area contributed by atoms with Gasteiger partial charge in [0.15, 0.2) is 0 Å². The number of phenolic OH excluding ortho intramolecular Hbond substituents is 1. The fourth-order valence-electron chi connectivity index (χ4n) is 1.48. The molecule has 0 spiro atoms. The molecule has 0 atom stereocenters. The van der Waals surface area contributed by atoms with E-state index in [0.29, 0.717) is 5.75 Å². The van der Waals surface area contributed by atoms with E-state index in [9.17, 15) is 9.90 Å². The minimum absolute atomic E-state index is 0.193. The van der Waals surface area contributed by atoms with Crippen LogP contribution in [0.25, 0.3) is 0 Å². The van der Waals surface area contributed by atoms with Crippen LogP contribution in [0.4, 0.5) is 0 Å². The van der Waals surface area contributed by atoms with E-state index in [1.165, 1.54) is 0 Å². The van der Waals surface area contributed by atoms with Gasteiger partial charge < -0.3 is 15.6 Å². The summed E-state index contributed by atoms with van der Waals surface area (Å²) in [6, 6.07) is 1.59. The summed E-state index contributed by atoms with van der Waals surface area (Å²) < 4.78 is 5.22. The smallest absolute Gasteiger partial charge is 0.312 e. The van der Waals surface area contributed by atoms with Crippen LogP contribution in [-0.2, 0) is 4.79 Å². The Hall–Kier alpha value is -1.55. The van der Waals surface area contributed by atoms with E-state index in [-0.39, 0.29) is 24.7 Å². The topological polar surface area (TPSA) is 72.5 Å². The van der Waals surface area contributed by atoms with Gasteiger partial charge in [0.25, 0.3) is 0 Å². The number of phenols is 1. The Balaban J connectivity index is 3.05. The number of hydrogen-bond donors (Lipinski definition) is 2. The monoisotopic (exact) mass is 223 g/mol. The summed E-state index contributed by atoms with van der Waals surface area (Å²) in [7, 11) is 0. The molecule has 1 aromatic carbocycles. The molecule has 0 aliphatic carbocycles. The second-order valence-electron chi connectivity index (χ2n) is 3.80. The van der Waals surface area contributed by atoms with Crippen molar-refractivity contribution in [2.24, 2.45) is 5.73 Å². The SMILES string of the molecule is Cc1cc(O)c(C)c(C)c1OC(=O)CCN. The lowest BCUT2D eigenvalue weighted by Gasteiger charge is -2.13. The van der Waals surface area contributed by atoms with Crippen LogP contribution in [0.2, 0.25) is 0 Å². The van der Waals surface area contributed by atoms with Crippen LogP contribution >= 0.6 is 0 Å². The molecule has 4 heteroatoms. The van der Waals surface area contributed by atoms with Gasteiger partial charge in [-0.25, -0.2) is 0 Å². The maximum absolute atomic E-state index is 11.3. The molecule has 0 unspecified atom stereocenters. The first kappa shape index (κ1) is 12.5. The molecule has 0 amide bonds. The fourth-order valence-corrected chi connectivity index (χ4v) is 1.48. The van der Waals surface area contributed by atoms with Gasteiger partial charge in [-0.3, -0.25) is 4.79 Å². The lowest BCUT2D eigenvalue weighted by Crippen LogP contribution is -2.15. The quantitative estimate of drug-likeness (QED) is 0.602. The Bertz CT molecular complexity index is 413. The molecule has 0 aromatic heterocycles. The van der Waals surface area contributed by atoms with Crippen molar-refractivity contribution in [2.45, 2.75) is 27.2 Å². The highest BCUT2D eigenvalue weighted by molar-refractivity contribution is 5.74. The summed E-state index contributed by atoms with van der Waals surface area (Å²) in [5.41, 5.74) is 7.52. The molecule has 3 N–H and O–H groups in total. The summed E-state index contributed by atoms with van der Waals surface area (Å²) in [4.78, 5) is 11.3.